The fraction of sp³-hybridized carbons (Fsp3) is 0.571. The minimum absolute atomic E-state index is 0.00209. The number of aliphatic imine (C=N–C) groups is 1. The van der Waals surface area contributed by atoms with Crippen molar-refractivity contribution in [2.24, 2.45) is 16.5 Å². The van der Waals surface area contributed by atoms with Crippen molar-refractivity contribution in [3.63, 3.8) is 0 Å². The van der Waals surface area contributed by atoms with E-state index in [2.05, 4.69) is 63.5 Å². The van der Waals surface area contributed by atoms with Crippen molar-refractivity contribution < 1.29 is 108 Å². The summed E-state index contributed by atoms with van der Waals surface area (Å²) >= 11 is 0. The van der Waals surface area contributed by atoms with E-state index in [1.54, 1.807) is 0 Å². The molecule has 40 heteroatoms. The van der Waals surface area contributed by atoms with Gasteiger partial charge in [-0.05, 0) is 90.2 Å². The van der Waals surface area contributed by atoms with E-state index in [1.165, 1.54) is 17.6 Å². The van der Waals surface area contributed by atoms with Gasteiger partial charge in [-0.2, -0.15) is 0 Å². The number of hydroxylamine groups is 4. The maximum Gasteiger partial charge on any atom is 0.372 e. The highest BCUT2D eigenvalue weighted by Crippen LogP contribution is 2.40. The van der Waals surface area contributed by atoms with Crippen LogP contribution in [0.25, 0.3) is 11.3 Å². The first kappa shape index (κ1) is 78.3. The van der Waals surface area contributed by atoms with Gasteiger partial charge in [-0.1, -0.05) is 0 Å². The van der Waals surface area contributed by atoms with Crippen molar-refractivity contribution in [2.45, 2.75) is 157 Å². The summed E-state index contributed by atoms with van der Waals surface area (Å²) in [7, 11) is 0. The Morgan fingerprint density at radius 2 is 1.26 bits per heavy atom. The van der Waals surface area contributed by atoms with Gasteiger partial charge in [-0.15, -0.1) is 0 Å². The predicted octanol–water partition coefficient (Wildman–Crippen LogP) is -8.38. The maximum absolute atomic E-state index is 14.4. The number of guanidine groups is 1. The summed E-state index contributed by atoms with van der Waals surface area (Å²) in [6.07, 6.45) is -6.25. The zero-order valence-electron chi connectivity index (χ0n) is 52.3. The molecular weight excluding hydrogens is 1280 g/mol. The van der Waals surface area contributed by atoms with E-state index >= 15 is 0 Å². The van der Waals surface area contributed by atoms with Crippen LogP contribution >= 0.6 is 0 Å². The lowest BCUT2D eigenvalue weighted by atomic mass is 10.0. The van der Waals surface area contributed by atoms with Crippen molar-refractivity contribution >= 4 is 101 Å². The number of carbonyl (C=O) groups is 14. The number of ketones is 1. The molecule has 530 valence electrons. The lowest BCUT2D eigenvalue weighted by molar-refractivity contribution is -0.150. The van der Waals surface area contributed by atoms with Crippen molar-refractivity contribution in [2.75, 3.05) is 56.6 Å². The SMILES string of the molecule is CC(O)C1NC(=O)C(CCCN(O)C=O)NC(=O)C(NC(=O)C(CCCN(O)C=O)NC(=O)C(CO)NC(=O)C(CCCN=C(N)N)NC(=O)C(CO)NC(=O)[C@@H]2CCNc3c(NC(=O)CCC(=O)C(=O)O)cc4cc(O)c(=O)cc-4n32)CCCCNC(=O)C(C(C)O)NC1=O. The number of aromatic hydroxyl groups is 1. The van der Waals surface area contributed by atoms with Crippen LogP contribution in [0.1, 0.15) is 96.9 Å². The monoisotopic (exact) mass is 1360 g/mol. The van der Waals surface area contributed by atoms with Gasteiger partial charge in [0.15, 0.2) is 11.7 Å². The fourth-order valence-corrected chi connectivity index (χ4v) is 9.94. The van der Waals surface area contributed by atoms with Crippen LogP contribution in [0.3, 0.4) is 0 Å². The van der Waals surface area contributed by atoms with Gasteiger partial charge >= 0.3 is 5.97 Å². The fourth-order valence-electron chi connectivity index (χ4n) is 9.94. The number of rotatable bonds is 33. The zero-order chi connectivity index (χ0) is 71.5. The minimum Gasteiger partial charge on any atom is -0.504 e. The highest BCUT2D eigenvalue weighted by Gasteiger charge is 2.39. The molecule has 0 aromatic rings. The molecule has 3 heterocycles. The molecule has 0 bridgehead atoms. The van der Waals surface area contributed by atoms with E-state index < -0.39 is 188 Å². The number of aliphatic hydroxyl groups excluding tert-OH is 4. The number of anilines is 2. The number of pyridine rings is 1. The average Bonchev–Trinajstić information content (AvgIpc) is 0.750. The number of nitrogens with one attached hydrogen (secondary N) is 11. The number of phenols is 1. The molecule has 96 heavy (non-hydrogen) atoms. The van der Waals surface area contributed by atoms with Crippen molar-refractivity contribution in [3.8, 4) is 17.0 Å². The number of hydrogen-bond donors (Lipinski definition) is 21. The number of amides is 12. The Balaban J connectivity index is 1.63. The molecule has 1 fully saturated rings. The average molecular weight is 1360 g/mol. The number of carboxylic acid groups (broad SMARTS) is 1. The van der Waals surface area contributed by atoms with Crippen molar-refractivity contribution in [1.29, 1.82) is 0 Å². The number of nitrogens with two attached hydrogens (primary N) is 2. The Labute approximate surface area is 546 Å². The van der Waals surface area contributed by atoms with Crippen LogP contribution in [0.5, 0.6) is 5.75 Å². The number of phenolic OH excluding ortho intramolecular Hbond substituents is 1. The number of Topliss-reactive ketones (excluding diaryl/α,β-unsaturated/α-hetero) is 1. The number of nitrogens with zero attached hydrogens (tertiary/aromatic N) is 4. The smallest absolute Gasteiger partial charge is 0.372 e. The van der Waals surface area contributed by atoms with Gasteiger partial charge in [0.1, 0.15) is 60.2 Å². The molecule has 12 amide bonds. The number of fused-ring (bicyclic) bond motifs is 3. The summed E-state index contributed by atoms with van der Waals surface area (Å²) in [6.45, 7) is -1.13. The Kier molecular flexibility index (Phi) is 31.2. The number of benzene rings is 1. The van der Waals surface area contributed by atoms with E-state index in [-0.39, 0.29) is 136 Å². The number of carboxylic acids is 1. The van der Waals surface area contributed by atoms with Crippen LogP contribution in [-0.4, -0.2) is 252 Å². The molecule has 10 unspecified atom stereocenters. The van der Waals surface area contributed by atoms with Crippen LogP contribution in [0.4, 0.5) is 11.5 Å². The van der Waals surface area contributed by atoms with Crippen LogP contribution in [-0.2, 0) is 67.1 Å². The third kappa shape index (κ3) is 23.7. The van der Waals surface area contributed by atoms with Crippen LogP contribution in [0.15, 0.2) is 28.0 Å². The number of aliphatic hydroxyl groups is 4. The summed E-state index contributed by atoms with van der Waals surface area (Å²) in [4.78, 5) is 201. The van der Waals surface area contributed by atoms with Crippen LogP contribution < -0.4 is 75.4 Å². The third-order valence-corrected chi connectivity index (χ3v) is 15.0. The van der Waals surface area contributed by atoms with E-state index in [4.69, 9.17) is 16.6 Å². The van der Waals surface area contributed by atoms with Gasteiger partial charge in [0, 0.05) is 57.2 Å². The molecule has 0 spiro atoms. The molecule has 1 aliphatic carbocycles. The second kappa shape index (κ2) is 38.3. The van der Waals surface area contributed by atoms with Gasteiger partial charge in [-0.3, -0.25) is 82.5 Å². The number of hydrogen-bond acceptors (Lipinski definition) is 24. The number of carbonyl (C=O) groups excluding carboxylic acids is 13. The van der Waals surface area contributed by atoms with Gasteiger partial charge in [0.05, 0.1) is 36.8 Å². The standard InChI is InChI=1S/C56H83N17O23/c1-27(78)43-53(91)60-15-4-3-8-30(46(84)64-33(11-7-19-72(96)26-77)49(87)69-44(28(2)79)54(92)70-43)63-47(85)32(10-6-18-71(95)25-76)66-50(88)35(23-74)67-48(86)31(9-5-16-61-56(57)58)65-51(89)36(24-75)68-52(90)37-14-17-59-45-34(62-42(83)13-12-39(80)55(93)94)20-29-21-40(81)41(82)22-38(29)73(37)45/h20-22,25-28,30-33,35-37,43-44,59,74-75,78-79,81,95-96H,3-19,23-24H2,1-2H3,(H,60,91)(H,62,83)(H,63,85)(H,64,84)(H,65,89)(H,66,88)(H,67,86)(H,68,90)(H,69,87)(H,70,92)(H,93,94)(H4,57,58,61)/t27?,28?,30?,31?,32?,33?,35?,36?,37-,43?,44?/m0/s1. The molecule has 23 N–H and O–H groups in total. The first-order valence-electron chi connectivity index (χ1n) is 30.3. The Morgan fingerprint density at radius 3 is 1.86 bits per heavy atom. The van der Waals surface area contributed by atoms with Crippen LogP contribution in [0.2, 0.25) is 0 Å². The first-order chi connectivity index (χ1) is 45.4. The Bertz CT molecular complexity index is 3200. The zero-order valence-corrected chi connectivity index (χ0v) is 52.3. The third-order valence-electron chi connectivity index (χ3n) is 15.0. The molecule has 0 radical (unpaired) electrons. The van der Waals surface area contributed by atoms with E-state index in [9.17, 15) is 108 Å². The van der Waals surface area contributed by atoms with E-state index in [1.807, 2.05) is 0 Å². The molecule has 3 aliphatic heterocycles. The Morgan fingerprint density at radius 1 is 0.688 bits per heavy atom. The normalized spacial score (nSPS) is 19.5. The summed E-state index contributed by atoms with van der Waals surface area (Å²) in [5.41, 5.74) is 10.1. The van der Waals surface area contributed by atoms with Crippen molar-refractivity contribution in [3.05, 3.63) is 28.4 Å². The summed E-state index contributed by atoms with van der Waals surface area (Å²) < 4.78 is 1.25. The summed E-state index contributed by atoms with van der Waals surface area (Å²) in [5.74, 6) is -14.9. The van der Waals surface area contributed by atoms with Crippen LogP contribution in [0, 0.1) is 0 Å². The topological polar surface area (TPSA) is 626 Å². The molecule has 0 aromatic carbocycles. The van der Waals surface area contributed by atoms with E-state index in [0.717, 1.165) is 19.1 Å². The molecular formula is C56H83N17O23. The second-order valence-electron chi connectivity index (χ2n) is 22.4. The highest BCUT2D eigenvalue weighted by atomic mass is 16.5. The minimum atomic E-state index is -1.98. The largest absolute Gasteiger partial charge is 0.504 e. The second-order valence-corrected chi connectivity index (χ2v) is 22.4. The molecule has 1 saturated heterocycles. The molecule has 0 saturated carbocycles. The maximum atomic E-state index is 14.4. The predicted molar refractivity (Wildman–Crippen MR) is 329 cm³/mol. The first-order valence-corrected chi connectivity index (χ1v) is 30.3. The van der Waals surface area contributed by atoms with Gasteiger partial charge in [0.2, 0.25) is 83.1 Å². The van der Waals surface area contributed by atoms with Gasteiger partial charge in [0.25, 0.3) is 0 Å². The molecule has 4 aliphatic rings. The lowest BCUT2D eigenvalue weighted by Crippen LogP contribution is -2.62. The highest BCUT2D eigenvalue weighted by molar-refractivity contribution is 6.33. The number of aromatic nitrogens is 1. The van der Waals surface area contributed by atoms with Gasteiger partial charge in [-0.25, -0.2) is 14.9 Å². The van der Waals surface area contributed by atoms with Gasteiger partial charge < -0.3 is 105 Å². The lowest BCUT2D eigenvalue weighted by Gasteiger charge is -2.34. The Hall–Kier alpha value is -10.2. The molecule has 11 atom stereocenters. The molecule has 40 nitrogen and oxygen atoms in total. The number of aliphatic carboxylic acids is 1. The summed E-state index contributed by atoms with van der Waals surface area (Å²) in [6, 6.07) is -12.0. The van der Waals surface area contributed by atoms with Crippen molar-refractivity contribution in [1.82, 2.24) is 62.5 Å². The molecule has 4 rings (SSSR count). The molecule has 0 aromatic heterocycles. The summed E-state index contributed by atoms with van der Waals surface area (Å²) in [5, 5.41) is 108. The quantitative estimate of drug-likeness (QED) is 0.00600. The van der Waals surface area contributed by atoms with E-state index in [0.29, 0.717) is 0 Å².